The highest BCUT2D eigenvalue weighted by Crippen LogP contribution is 2.25. The van der Waals surface area contributed by atoms with Gasteiger partial charge in [-0.1, -0.05) is 12.1 Å². The Labute approximate surface area is 121 Å². The van der Waals surface area contributed by atoms with Gasteiger partial charge in [-0.2, -0.15) is 0 Å². The highest BCUT2D eigenvalue weighted by Gasteiger charge is 2.13. The molecule has 0 unspecified atom stereocenters. The normalized spacial score (nSPS) is 11.1. The van der Waals surface area contributed by atoms with Gasteiger partial charge in [0, 0.05) is 6.26 Å². The van der Waals surface area contributed by atoms with Crippen LogP contribution in [0.4, 0.5) is 15.8 Å². The monoisotopic (exact) mass is 309 g/mol. The minimum absolute atomic E-state index is 0.00361. The second-order valence-electron chi connectivity index (χ2n) is 4.39. The zero-order valence-corrected chi connectivity index (χ0v) is 11.8. The molecule has 7 heteroatoms. The molecule has 0 radical (unpaired) electrons. The van der Waals surface area contributed by atoms with Crippen molar-refractivity contribution in [1.82, 2.24) is 0 Å². The van der Waals surface area contributed by atoms with Gasteiger partial charge in [0.05, 0.1) is 21.8 Å². The van der Waals surface area contributed by atoms with Crippen molar-refractivity contribution in [3.63, 3.8) is 0 Å². The van der Waals surface area contributed by atoms with Crippen molar-refractivity contribution in [2.24, 2.45) is 0 Å². The molecule has 0 saturated carbocycles. The lowest BCUT2D eigenvalue weighted by Gasteiger charge is -2.11. The Morgan fingerprint density at radius 2 is 1.81 bits per heavy atom. The number of anilines is 2. The predicted molar refractivity (Wildman–Crippen MR) is 76.2 cm³/mol. The zero-order valence-electron chi connectivity index (χ0n) is 11.0. The van der Waals surface area contributed by atoms with Crippen molar-refractivity contribution in [3.8, 4) is 0 Å². The number of carboxylic acids is 1. The van der Waals surface area contributed by atoms with Crippen molar-refractivity contribution in [3.05, 3.63) is 53.8 Å². The number of halogens is 1. The summed E-state index contributed by atoms with van der Waals surface area (Å²) in [5, 5.41) is 11.7. The van der Waals surface area contributed by atoms with Crippen molar-refractivity contribution >= 4 is 27.2 Å². The van der Waals surface area contributed by atoms with Gasteiger partial charge < -0.3 is 10.4 Å². The molecule has 0 heterocycles. The van der Waals surface area contributed by atoms with Crippen LogP contribution in [-0.4, -0.2) is 25.7 Å². The van der Waals surface area contributed by atoms with E-state index >= 15 is 0 Å². The Hall–Kier alpha value is -2.41. The summed E-state index contributed by atoms with van der Waals surface area (Å²) in [6.45, 7) is 0. The Morgan fingerprint density at radius 1 is 1.14 bits per heavy atom. The quantitative estimate of drug-likeness (QED) is 0.907. The number of carbonyl (C=O) groups is 1. The maximum Gasteiger partial charge on any atom is 0.337 e. The molecule has 0 aliphatic heterocycles. The molecule has 0 atom stereocenters. The topological polar surface area (TPSA) is 83.5 Å². The van der Waals surface area contributed by atoms with Gasteiger partial charge in [-0.25, -0.2) is 17.6 Å². The van der Waals surface area contributed by atoms with Crippen LogP contribution in [0.3, 0.4) is 0 Å². The molecule has 0 fully saturated rings. The lowest BCUT2D eigenvalue weighted by Crippen LogP contribution is -2.04. The maximum atomic E-state index is 13.9. The van der Waals surface area contributed by atoms with Crippen molar-refractivity contribution in [2.45, 2.75) is 4.90 Å². The van der Waals surface area contributed by atoms with Gasteiger partial charge in [0.15, 0.2) is 9.84 Å². The predicted octanol–water partition coefficient (Wildman–Crippen LogP) is 2.67. The third-order valence-electron chi connectivity index (χ3n) is 2.80. The molecular formula is C14H12FNO4S. The summed E-state index contributed by atoms with van der Waals surface area (Å²) >= 11 is 0. The van der Waals surface area contributed by atoms with Crippen LogP contribution in [0.2, 0.25) is 0 Å². The number of sulfone groups is 1. The molecule has 2 aromatic carbocycles. The van der Waals surface area contributed by atoms with E-state index in [1.165, 1.54) is 24.3 Å². The molecule has 5 nitrogen and oxygen atoms in total. The van der Waals surface area contributed by atoms with E-state index in [1.807, 2.05) is 0 Å². The number of para-hydroxylation sites is 1. The number of nitrogens with one attached hydrogen (secondary N) is 1. The van der Waals surface area contributed by atoms with E-state index in [9.17, 15) is 17.6 Å². The zero-order chi connectivity index (χ0) is 15.6. The number of carboxylic acid groups (broad SMARTS) is 1. The van der Waals surface area contributed by atoms with Gasteiger partial charge >= 0.3 is 5.97 Å². The molecule has 0 spiro atoms. The summed E-state index contributed by atoms with van der Waals surface area (Å²) in [7, 11) is -3.50. The molecule has 0 saturated heterocycles. The van der Waals surface area contributed by atoms with E-state index in [0.29, 0.717) is 0 Å². The third kappa shape index (κ3) is 3.38. The molecule has 0 bridgehead atoms. The number of hydrogen-bond acceptors (Lipinski definition) is 4. The van der Waals surface area contributed by atoms with E-state index in [4.69, 9.17) is 5.11 Å². The van der Waals surface area contributed by atoms with E-state index in [-0.39, 0.29) is 21.8 Å². The second-order valence-corrected chi connectivity index (χ2v) is 6.41. The lowest BCUT2D eigenvalue weighted by atomic mass is 10.1. The molecule has 0 aliphatic carbocycles. The van der Waals surface area contributed by atoms with Crippen LogP contribution in [-0.2, 0) is 9.84 Å². The number of hydrogen-bond donors (Lipinski definition) is 2. The fraction of sp³-hybridized carbons (Fsp3) is 0.0714. The molecular weight excluding hydrogens is 297 g/mol. The highest BCUT2D eigenvalue weighted by molar-refractivity contribution is 7.90. The highest BCUT2D eigenvalue weighted by atomic mass is 32.2. The maximum absolute atomic E-state index is 13.9. The summed E-state index contributed by atoms with van der Waals surface area (Å²) < 4.78 is 36.6. The van der Waals surface area contributed by atoms with E-state index in [2.05, 4.69) is 5.32 Å². The van der Waals surface area contributed by atoms with Crippen LogP contribution in [0.5, 0.6) is 0 Å². The van der Waals surface area contributed by atoms with E-state index in [1.54, 1.807) is 12.1 Å². The first-order valence-electron chi connectivity index (χ1n) is 5.88. The molecule has 2 rings (SSSR count). The molecule has 2 N–H and O–H groups in total. The molecule has 2 aromatic rings. The largest absolute Gasteiger partial charge is 0.478 e. The summed E-state index contributed by atoms with van der Waals surface area (Å²) in [5.74, 6) is -1.93. The standard InChI is InChI=1S/C14H12FNO4S/c1-21(19,20)9-6-7-13(11(15)8-9)16-12-5-3-2-4-10(12)14(17)18/h2-8,16H,1H3,(H,17,18). The SMILES string of the molecule is CS(=O)(=O)c1ccc(Nc2ccccc2C(=O)O)c(F)c1. The lowest BCUT2D eigenvalue weighted by molar-refractivity contribution is 0.0698. The Kier molecular flexibility index (Phi) is 3.95. The number of aromatic carboxylic acids is 1. The van der Waals surface area contributed by atoms with Gasteiger partial charge in [-0.05, 0) is 30.3 Å². The number of rotatable bonds is 4. The van der Waals surface area contributed by atoms with Gasteiger partial charge in [-0.15, -0.1) is 0 Å². The van der Waals surface area contributed by atoms with Crippen molar-refractivity contribution < 1.29 is 22.7 Å². The van der Waals surface area contributed by atoms with Crippen LogP contribution < -0.4 is 5.32 Å². The van der Waals surface area contributed by atoms with Crippen LogP contribution in [0, 0.1) is 5.82 Å². The van der Waals surface area contributed by atoms with Crippen LogP contribution in [0.1, 0.15) is 10.4 Å². The fourth-order valence-electron chi connectivity index (χ4n) is 1.75. The fourth-order valence-corrected chi connectivity index (χ4v) is 2.38. The summed E-state index contributed by atoms with van der Waals surface area (Å²) in [4.78, 5) is 10.9. The van der Waals surface area contributed by atoms with Crippen LogP contribution in [0.25, 0.3) is 0 Å². The smallest absolute Gasteiger partial charge is 0.337 e. The minimum atomic E-state index is -3.50. The Balaban J connectivity index is 2.40. The van der Waals surface area contributed by atoms with Gasteiger partial charge in [0.1, 0.15) is 5.82 Å². The second kappa shape index (κ2) is 5.53. The average Bonchev–Trinajstić information content (AvgIpc) is 2.40. The first-order chi connectivity index (χ1) is 9.79. The third-order valence-corrected chi connectivity index (χ3v) is 3.91. The van der Waals surface area contributed by atoms with Gasteiger partial charge in [0.2, 0.25) is 0 Å². The van der Waals surface area contributed by atoms with Crippen LogP contribution >= 0.6 is 0 Å². The molecule has 21 heavy (non-hydrogen) atoms. The minimum Gasteiger partial charge on any atom is -0.478 e. The van der Waals surface area contributed by atoms with Gasteiger partial charge in [0.25, 0.3) is 0 Å². The number of benzene rings is 2. The van der Waals surface area contributed by atoms with E-state index in [0.717, 1.165) is 12.3 Å². The first-order valence-corrected chi connectivity index (χ1v) is 7.77. The molecule has 0 amide bonds. The van der Waals surface area contributed by atoms with Gasteiger partial charge in [-0.3, -0.25) is 0 Å². The van der Waals surface area contributed by atoms with Crippen molar-refractivity contribution in [2.75, 3.05) is 11.6 Å². The molecule has 0 aliphatic rings. The van der Waals surface area contributed by atoms with Crippen LogP contribution in [0.15, 0.2) is 47.4 Å². The first kappa shape index (κ1) is 15.0. The summed E-state index contributed by atoms with van der Waals surface area (Å²) in [6.07, 6.45) is 0.981. The Morgan fingerprint density at radius 3 is 2.38 bits per heavy atom. The summed E-state index contributed by atoms with van der Waals surface area (Å²) in [5.41, 5.74) is 0.205. The average molecular weight is 309 g/mol. The summed E-state index contributed by atoms with van der Waals surface area (Å²) in [6, 6.07) is 9.44. The Bertz CT molecular complexity index is 802. The molecule has 110 valence electrons. The molecule has 0 aromatic heterocycles. The van der Waals surface area contributed by atoms with Crippen molar-refractivity contribution in [1.29, 1.82) is 0 Å². The van der Waals surface area contributed by atoms with E-state index < -0.39 is 21.6 Å².